The molecule has 2 heteroatoms. The van der Waals surface area contributed by atoms with Crippen LogP contribution < -0.4 is 0 Å². The van der Waals surface area contributed by atoms with E-state index in [1.807, 2.05) is 6.07 Å². The molecule has 1 aromatic rings. The van der Waals surface area contributed by atoms with Crippen LogP contribution in [0.1, 0.15) is 17.5 Å². The maximum atomic E-state index is 13.3. The van der Waals surface area contributed by atoms with Gasteiger partial charge in [-0.05, 0) is 36.1 Å². The zero-order chi connectivity index (χ0) is 9.97. The third-order valence-corrected chi connectivity index (χ3v) is 2.45. The summed E-state index contributed by atoms with van der Waals surface area (Å²) in [5, 5.41) is 0. The summed E-state index contributed by atoms with van der Waals surface area (Å²) in [5.74, 6) is -0.144. The van der Waals surface area contributed by atoms with E-state index in [9.17, 15) is 4.39 Å². The second kappa shape index (κ2) is 3.93. The summed E-state index contributed by atoms with van der Waals surface area (Å²) in [6.07, 6.45) is 3.04. The van der Waals surface area contributed by atoms with Gasteiger partial charge in [0.15, 0.2) is 0 Å². The highest BCUT2D eigenvalue weighted by atomic mass is 19.1. The van der Waals surface area contributed by atoms with Gasteiger partial charge in [-0.15, -0.1) is 0 Å². The highest BCUT2D eigenvalue weighted by Crippen LogP contribution is 2.20. The normalized spacial score (nSPS) is 16.6. The number of rotatable bonds is 1. The minimum Gasteiger partial charge on any atom is -0.376 e. The van der Waals surface area contributed by atoms with E-state index in [0.717, 1.165) is 24.2 Å². The van der Waals surface area contributed by atoms with E-state index in [-0.39, 0.29) is 5.82 Å². The Hall–Kier alpha value is -1.15. The standard InChI is InChI=1S/C12H13FO/c1-9-4-5-10(7-12(9)13)11-3-2-6-14-8-11/h3-5,7H,2,6,8H2,1H3. The Morgan fingerprint density at radius 1 is 1.36 bits per heavy atom. The van der Waals surface area contributed by atoms with Gasteiger partial charge >= 0.3 is 0 Å². The van der Waals surface area contributed by atoms with Gasteiger partial charge in [-0.3, -0.25) is 0 Å². The van der Waals surface area contributed by atoms with E-state index in [1.165, 1.54) is 0 Å². The van der Waals surface area contributed by atoms with Gasteiger partial charge in [-0.1, -0.05) is 18.2 Å². The zero-order valence-corrected chi connectivity index (χ0v) is 8.22. The SMILES string of the molecule is Cc1ccc(C2=CCCOC2)cc1F. The van der Waals surface area contributed by atoms with Crippen molar-refractivity contribution in [2.45, 2.75) is 13.3 Å². The third kappa shape index (κ3) is 1.85. The molecular formula is C12H13FO. The van der Waals surface area contributed by atoms with Crippen LogP contribution in [0.3, 0.4) is 0 Å². The second-order valence-electron chi connectivity index (χ2n) is 3.53. The fourth-order valence-corrected chi connectivity index (χ4v) is 1.55. The van der Waals surface area contributed by atoms with E-state index in [4.69, 9.17) is 4.74 Å². The molecule has 0 saturated carbocycles. The molecule has 14 heavy (non-hydrogen) atoms. The van der Waals surface area contributed by atoms with Crippen LogP contribution in [-0.2, 0) is 4.74 Å². The predicted molar refractivity (Wildman–Crippen MR) is 54.6 cm³/mol. The summed E-state index contributed by atoms with van der Waals surface area (Å²) < 4.78 is 18.6. The molecule has 0 unspecified atom stereocenters. The fraction of sp³-hybridized carbons (Fsp3) is 0.333. The summed E-state index contributed by atoms with van der Waals surface area (Å²) in [5.41, 5.74) is 2.72. The van der Waals surface area contributed by atoms with E-state index in [1.54, 1.807) is 19.1 Å². The van der Waals surface area contributed by atoms with Gasteiger partial charge in [-0.25, -0.2) is 4.39 Å². The molecule has 1 aliphatic heterocycles. The maximum Gasteiger partial charge on any atom is 0.126 e. The third-order valence-electron chi connectivity index (χ3n) is 2.45. The van der Waals surface area contributed by atoms with Gasteiger partial charge in [0, 0.05) is 0 Å². The van der Waals surface area contributed by atoms with Crippen molar-refractivity contribution in [2.75, 3.05) is 13.2 Å². The van der Waals surface area contributed by atoms with Crippen molar-refractivity contribution < 1.29 is 9.13 Å². The molecule has 0 saturated heterocycles. The number of hydrogen-bond donors (Lipinski definition) is 0. The molecule has 0 spiro atoms. The summed E-state index contributed by atoms with van der Waals surface area (Å²) in [6, 6.07) is 5.33. The van der Waals surface area contributed by atoms with Crippen LogP contribution in [0, 0.1) is 12.7 Å². The predicted octanol–water partition coefficient (Wildman–Crippen LogP) is 2.94. The van der Waals surface area contributed by atoms with Gasteiger partial charge in [-0.2, -0.15) is 0 Å². The Kier molecular flexibility index (Phi) is 2.64. The first-order valence-corrected chi connectivity index (χ1v) is 4.80. The lowest BCUT2D eigenvalue weighted by atomic mass is 10.0. The first-order valence-electron chi connectivity index (χ1n) is 4.80. The van der Waals surface area contributed by atoms with Crippen LogP contribution in [-0.4, -0.2) is 13.2 Å². The molecule has 0 aromatic heterocycles. The van der Waals surface area contributed by atoms with E-state index < -0.39 is 0 Å². The zero-order valence-electron chi connectivity index (χ0n) is 8.22. The molecule has 1 nitrogen and oxygen atoms in total. The number of benzene rings is 1. The Balaban J connectivity index is 2.32. The molecule has 74 valence electrons. The first kappa shape index (κ1) is 9.41. The molecule has 0 amide bonds. The summed E-state index contributed by atoms with van der Waals surface area (Å²) in [6.45, 7) is 3.14. The molecule has 0 atom stereocenters. The molecule has 2 rings (SSSR count). The molecule has 1 heterocycles. The Labute approximate surface area is 83.2 Å². The number of ether oxygens (including phenoxy) is 1. The molecule has 0 aliphatic carbocycles. The van der Waals surface area contributed by atoms with E-state index in [2.05, 4.69) is 6.08 Å². The highest BCUT2D eigenvalue weighted by Gasteiger charge is 2.07. The molecule has 0 fully saturated rings. The average molecular weight is 192 g/mol. The first-order chi connectivity index (χ1) is 6.77. The van der Waals surface area contributed by atoms with Gasteiger partial charge in [0.25, 0.3) is 0 Å². The topological polar surface area (TPSA) is 9.23 Å². The minimum absolute atomic E-state index is 0.144. The van der Waals surface area contributed by atoms with Gasteiger partial charge in [0.05, 0.1) is 13.2 Å². The second-order valence-corrected chi connectivity index (χ2v) is 3.53. The molecule has 0 N–H and O–H groups in total. The van der Waals surface area contributed by atoms with Crippen LogP contribution in [0.15, 0.2) is 24.3 Å². The largest absolute Gasteiger partial charge is 0.376 e. The minimum atomic E-state index is -0.144. The Morgan fingerprint density at radius 3 is 2.86 bits per heavy atom. The summed E-state index contributed by atoms with van der Waals surface area (Å²) in [4.78, 5) is 0. The van der Waals surface area contributed by atoms with Crippen LogP contribution in [0.5, 0.6) is 0 Å². The highest BCUT2D eigenvalue weighted by molar-refractivity contribution is 5.67. The molecule has 0 radical (unpaired) electrons. The fourth-order valence-electron chi connectivity index (χ4n) is 1.55. The summed E-state index contributed by atoms with van der Waals surface area (Å²) in [7, 11) is 0. The molecule has 1 aromatic carbocycles. The Morgan fingerprint density at radius 2 is 2.21 bits per heavy atom. The molecule has 0 bridgehead atoms. The van der Waals surface area contributed by atoms with E-state index in [0.29, 0.717) is 12.2 Å². The van der Waals surface area contributed by atoms with Crippen LogP contribution in [0.25, 0.3) is 5.57 Å². The van der Waals surface area contributed by atoms with Crippen molar-refractivity contribution in [2.24, 2.45) is 0 Å². The van der Waals surface area contributed by atoms with Gasteiger partial charge in [0.1, 0.15) is 5.82 Å². The monoisotopic (exact) mass is 192 g/mol. The quantitative estimate of drug-likeness (QED) is 0.664. The van der Waals surface area contributed by atoms with Crippen LogP contribution in [0.4, 0.5) is 4.39 Å². The lowest BCUT2D eigenvalue weighted by Crippen LogP contribution is -2.05. The number of hydrogen-bond acceptors (Lipinski definition) is 1. The number of halogens is 1. The van der Waals surface area contributed by atoms with Crippen LogP contribution >= 0.6 is 0 Å². The van der Waals surface area contributed by atoms with Crippen molar-refractivity contribution in [1.29, 1.82) is 0 Å². The van der Waals surface area contributed by atoms with Crippen molar-refractivity contribution in [3.63, 3.8) is 0 Å². The van der Waals surface area contributed by atoms with Crippen molar-refractivity contribution in [3.05, 3.63) is 41.2 Å². The lowest BCUT2D eigenvalue weighted by Gasteiger charge is -2.14. The molecular weight excluding hydrogens is 179 g/mol. The maximum absolute atomic E-state index is 13.3. The van der Waals surface area contributed by atoms with Gasteiger partial charge in [0.2, 0.25) is 0 Å². The van der Waals surface area contributed by atoms with E-state index >= 15 is 0 Å². The lowest BCUT2D eigenvalue weighted by molar-refractivity contribution is 0.164. The average Bonchev–Trinajstić information content (AvgIpc) is 2.23. The molecule has 1 aliphatic rings. The van der Waals surface area contributed by atoms with Crippen molar-refractivity contribution in [1.82, 2.24) is 0 Å². The van der Waals surface area contributed by atoms with Crippen molar-refractivity contribution >= 4 is 5.57 Å². The Bertz CT molecular complexity index is 369. The van der Waals surface area contributed by atoms with Crippen LogP contribution in [0.2, 0.25) is 0 Å². The smallest absolute Gasteiger partial charge is 0.126 e. The van der Waals surface area contributed by atoms with Gasteiger partial charge < -0.3 is 4.74 Å². The summed E-state index contributed by atoms with van der Waals surface area (Å²) >= 11 is 0. The van der Waals surface area contributed by atoms with Crippen molar-refractivity contribution in [3.8, 4) is 0 Å². The number of aryl methyl sites for hydroxylation is 1.